The molecule has 5 heteroatoms. The van der Waals surface area contributed by atoms with Crippen molar-refractivity contribution >= 4 is 23.6 Å². The second-order valence-electron chi connectivity index (χ2n) is 7.03. The van der Waals surface area contributed by atoms with Crippen LogP contribution >= 0.6 is 0 Å². The van der Waals surface area contributed by atoms with Crippen LogP contribution in [0.1, 0.15) is 34.0 Å². The first-order chi connectivity index (χ1) is 14.2. The summed E-state index contributed by atoms with van der Waals surface area (Å²) in [4.78, 5) is 27.3. The molecule has 0 radical (unpaired) electrons. The Bertz CT molecular complexity index is 1010. The zero-order valence-corrected chi connectivity index (χ0v) is 16.0. The van der Waals surface area contributed by atoms with Crippen molar-refractivity contribution in [2.24, 2.45) is 0 Å². The summed E-state index contributed by atoms with van der Waals surface area (Å²) in [7, 11) is 0. The summed E-state index contributed by atoms with van der Waals surface area (Å²) in [6.07, 6.45) is 5.46. The van der Waals surface area contributed by atoms with E-state index in [4.69, 9.17) is 4.42 Å². The summed E-state index contributed by atoms with van der Waals surface area (Å²) < 4.78 is 5.18. The standard InChI is InChI=1S/C24H22N2O3/c27-23(13-12-20-9-6-16-29-20)25-22-11-5-4-10-21(22)24(28)26-15-14-19(17-26)18-7-2-1-3-8-18/h1-13,16,19H,14-15,17H2,(H,25,27)/b13-12+. The van der Waals surface area contributed by atoms with Crippen LogP contribution < -0.4 is 5.32 Å². The van der Waals surface area contributed by atoms with Crippen molar-refractivity contribution < 1.29 is 14.0 Å². The van der Waals surface area contributed by atoms with Crippen molar-refractivity contribution in [1.29, 1.82) is 0 Å². The summed E-state index contributed by atoms with van der Waals surface area (Å²) in [6.45, 7) is 1.39. The zero-order chi connectivity index (χ0) is 20.1. The Morgan fingerprint density at radius 2 is 1.79 bits per heavy atom. The van der Waals surface area contributed by atoms with Crippen LogP contribution in [0.25, 0.3) is 6.08 Å². The number of nitrogens with one attached hydrogen (secondary N) is 1. The number of para-hydroxylation sites is 1. The first-order valence-corrected chi connectivity index (χ1v) is 9.66. The van der Waals surface area contributed by atoms with Crippen LogP contribution in [0.2, 0.25) is 0 Å². The lowest BCUT2D eigenvalue weighted by atomic mass is 9.99. The largest absolute Gasteiger partial charge is 0.465 e. The number of hydrogen-bond acceptors (Lipinski definition) is 3. The highest BCUT2D eigenvalue weighted by molar-refractivity contribution is 6.07. The number of anilines is 1. The number of furan rings is 1. The SMILES string of the molecule is O=C(/C=C/c1ccco1)Nc1ccccc1C(=O)N1CCC(c2ccccc2)C1. The Hall–Kier alpha value is -3.60. The normalized spacial score (nSPS) is 16.3. The van der Waals surface area contributed by atoms with E-state index in [0.717, 1.165) is 6.42 Å². The summed E-state index contributed by atoms with van der Waals surface area (Å²) in [5, 5.41) is 2.81. The van der Waals surface area contributed by atoms with Gasteiger partial charge in [-0.05, 0) is 42.3 Å². The minimum Gasteiger partial charge on any atom is -0.465 e. The number of benzene rings is 2. The van der Waals surface area contributed by atoms with Crippen molar-refractivity contribution in [1.82, 2.24) is 4.90 Å². The zero-order valence-electron chi connectivity index (χ0n) is 16.0. The molecule has 4 rings (SSSR count). The van der Waals surface area contributed by atoms with Crippen LogP contribution in [-0.4, -0.2) is 29.8 Å². The summed E-state index contributed by atoms with van der Waals surface area (Å²) in [6, 6.07) is 20.9. The number of carbonyl (C=O) groups is 2. The second kappa shape index (κ2) is 8.61. The Morgan fingerprint density at radius 1 is 1.00 bits per heavy atom. The maximum Gasteiger partial charge on any atom is 0.255 e. The van der Waals surface area contributed by atoms with Gasteiger partial charge in [0.1, 0.15) is 5.76 Å². The van der Waals surface area contributed by atoms with Gasteiger partial charge in [0.25, 0.3) is 5.91 Å². The Labute approximate surface area is 169 Å². The van der Waals surface area contributed by atoms with Crippen molar-refractivity contribution in [2.45, 2.75) is 12.3 Å². The molecule has 1 aliphatic rings. The maximum atomic E-state index is 13.1. The van der Waals surface area contributed by atoms with Gasteiger partial charge in [-0.2, -0.15) is 0 Å². The van der Waals surface area contributed by atoms with Crippen LogP contribution in [0.3, 0.4) is 0 Å². The fraction of sp³-hybridized carbons (Fsp3) is 0.167. The topological polar surface area (TPSA) is 62.6 Å². The van der Waals surface area contributed by atoms with Crippen LogP contribution in [0.15, 0.2) is 83.5 Å². The van der Waals surface area contributed by atoms with E-state index in [9.17, 15) is 9.59 Å². The van der Waals surface area contributed by atoms with Gasteiger partial charge in [-0.15, -0.1) is 0 Å². The fourth-order valence-electron chi connectivity index (χ4n) is 3.61. The lowest BCUT2D eigenvalue weighted by Gasteiger charge is -2.19. The average molecular weight is 386 g/mol. The molecule has 2 amide bonds. The molecule has 0 spiro atoms. The Kier molecular flexibility index (Phi) is 5.56. The quantitative estimate of drug-likeness (QED) is 0.654. The van der Waals surface area contributed by atoms with Crippen molar-refractivity contribution in [3.63, 3.8) is 0 Å². The molecule has 1 unspecified atom stereocenters. The van der Waals surface area contributed by atoms with Gasteiger partial charge < -0.3 is 14.6 Å². The van der Waals surface area contributed by atoms with E-state index in [1.807, 2.05) is 29.2 Å². The molecule has 3 aromatic rings. The second-order valence-corrected chi connectivity index (χ2v) is 7.03. The lowest BCUT2D eigenvalue weighted by molar-refractivity contribution is -0.111. The molecule has 1 aliphatic heterocycles. The predicted octanol–water partition coefficient (Wildman–Crippen LogP) is 4.56. The third-order valence-corrected chi connectivity index (χ3v) is 5.10. The van der Waals surface area contributed by atoms with Crippen LogP contribution in [0.4, 0.5) is 5.69 Å². The Balaban J connectivity index is 1.45. The molecule has 2 aromatic carbocycles. The van der Waals surface area contributed by atoms with Crippen LogP contribution in [0, 0.1) is 0 Å². The maximum absolute atomic E-state index is 13.1. The molecule has 146 valence electrons. The van der Waals surface area contributed by atoms with E-state index < -0.39 is 0 Å². The summed E-state index contributed by atoms with van der Waals surface area (Å²) >= 11 is 0. The first kappa shape index (κ1) is 18.7. The van der Waals surface area contributed by atoms with Crippen LogP contribution in [0.5, 0.6) is 0 Å². The van der Waals surface area contributed by atoms with Gasteiger partial charge in [0, 0.05) is 25.1 Å². The highest BCUT2D eigenvalue weighted by Gasteiger charge is 2.29. The van der Waals surface area contributed by atoms with E-state index in [1.54, 1.807) is 42.7 Å². The van der Waals surface area contributed by atoms with E-state index in [-0.39, 0.29) is 11.8 Å². The van der Waals surface area contributed by atoms with E-state index in [1.165, 1.54) is 11.6 Å². The Morgan fingerprint density at radius 3 is 2.59 bits per heavy atom. The van der Waals surface area contributed by atoms with Crippen molar-refractivity contribution in [2.75, 3.05) is 18.4 Å². The van der Waals surface area contributed by atoms with Gasteiger partial charge in [0.05, 0.1) is 17.5 Å². The third kappa shape index (κ3) is 4.46. The number of carbonyl (C=O) groups excluding carboxylic acids is 2. The molecule has 1 N–H and O–H groups in total. The molecule has 1 aromatic heterocycles. The van der Waals surface area contributed by atoms with Crippen LogP contribution in [-0.2, 0) is 4.79 Å². The van der Waals surface area contributed by atoms with Crippen molar-refractivity contribution in [3.8, 4) is 0 Å². The number of rotatable bonds is 5. The minimum absolute atomic E-state index is 0.0608. The predicted molar refractivity (Wildman–Crippen MR) is 113 cm³/mol. The number of amides is 2. The number of nitrogens with zero attached hydrogens (tertiary/aromatic N) is 1. The third-order valence-electron chi connectivity index (χ3n) is 5.10. The molecule has 29 heavy (non-hydrogen) atoms. The van der Waals surface area contributed by atoms with E-state index in [2.05, 4.69) is 17.4 Å². The van der Waals surface area contributed by atoms with E-state index >= 15 is 0 Å². The first-order valence-electron chi connectivity index (χ1n) is 9.66. The van der Waals surface area contributed by atoms with Gasteiger partial charge in [0.2, 0.25) is 5.91 Å². The molecule has 0 bridgehead atoms. The average Bonchev–Trinajstić information content (AvgIpc) is 3.45. The molecular formula is C24H22N2O3. The number of likely N-dealkylation sites (tertiary alicyclic amines) is 1. The molecular weight excluding hydrogens is 364 g/mol. The molecule has 0 aliphatic carbocycles. The molecule has 1 fully saturated rings. The van der Waals surface area contributed by atoms with E-state index in [0.29, 0.717) is 36.0 Å². The van der Waals surface area contributed by atoms with Gasteiger partial charge in [-0.25, -0.2) is 0 Å². The smallest absolute Gasteiger partial charge is 0.255 e. The molecule has 5 nitrogen and oxygen atoms in total. The minimum atomic E-state index is -0.315. The molecule has 1 atom stereocenters. The number of hydrogen-bond donors (Lipinski definition) is 1. The van der Waals surface area contributed by atoms with Gasteiger partial charge >= 0.3 is 0 Å². The van der Waals surface area contributed by atoms with Gasteiger partial charge in [-0.3, -0.25) is 9.59 Å². The highest BCUT2D eigenvalue weighted by Crippen LogP contribution is 2.29. The molecule has 1 saturated heterocycles. The monoisotopic (exact) mass is 386 g/mol. The molecule has 2 heterocycles. The lowest BCUT2D eigenvalue weighted by Crippen LogP contribution is -2.29. The fourth-order valence-corrected chi connectivity index (χ4v) is 3.61. The summed E-state index contributed by atoms with van der Waals surface area (Å²) in [5.74, 6) is 0.561. The van der Waals surface area contributed by atoms with Gasteiger partial charge in [-0.1, -0.05) is 42.5 Å². The van der Waals surface area contributed by atoms with Gasteiger partial charge in [0.15, 0.2) is 0 Å². The molecule has 0 saturated carbocycles. The summed E-state index contributed by atoms with van der Waals surface area (Å²) in [5.41, 5.74) is 2.27. The highest BCUT2D eigenvalue weighted by atomic mass is 16.3. The van der Waals surface area contributed by atoms with Crippen molar-refractivity contribution in [3.05, 3.63) is 96.0 Å².